The number of amides is 2. The predicted molar refractivity (Wildman–Crippen MR) is 103 cm³/mol. The van der Waals surface area contributed by atoms with Gasteiger partial charge in [0.2, 0.25) is 0 Å². The molecule has 3 heterocycles. The van der Waals surface area contributed by atoms with Crippen LogP contribution < -0.4 is 0 Å². The van der Waals surface area contributed by atoms with Crippen LogP contribution in [0.2, 0.25) is 0 Å². The second-order valence-electron chi connectivity index (χ2n) is 8.42. The van der Waals surface area contributed by atoms with Crippen LogP contribution in [-0.2, 0) is 19.5 Å². The van der Waals surface area contributed by atoms with Gasteiger partial charge in [-0.2, -0.15) is 0 Å². The maximum absolute atomic E-state index is 12.8. The molecule has 140 valence electrons. The van der Waals surface area contributed by atoms with Crippen LogP contribution in [0.15, 0.2) is 36.5 Å². The number of pyridine rings is 1. The fourth-order valence-corrected chi connectivity index (χ4v) is 4.12. The number of aromatic nitrogens is 1. The molecule has 2 aromatic rings. The number of benzene rings is 1. The summed E-state index contributed by atoms with van der Waals surface area (Å²) in [6.07, 6.45) is 2.48. The zero-order valence-corrected chi connectivity index (χ0v) is 16.3. The molecule has 0 N–H and O–H groups in total. The van der Waals surface area contributed by atoms with Crippen molar-refractivity contribution in [3.05, 3.63) is 64.5 Å². The SMILES string of the molecule is CC(C)N1Cc2cc(CC(C)(C)N3Cc4ccccc4C3=O)cnc2C1=O. The van der Waals surface area contributed by atoms with Crippen molar-refractivity contribution in [2.45, 2.75) is 58.8 Å². The van der Waals surface area contributed by atoms with Gasteiger partial charge < -0.3 is 9.80 Å². The molecule has 0 spiro atoms. The fraction of sp³-hybridized carbons (Fsp3) is 0.409. The van der Waals surface area contributed by atoms with Crippen molar-refractivity contribution in [1.82, 2.24) is 14.8 Å². The smallest absolute Gasteiger partial charge is 0.273 e. The van der Waals surface area contributed by atoms with Crippen LogP contribution >= 0.6 is 0 Å². The first kappa shape index (κ1) is 17.7. The number of rotatable bonds is 4. The van der Waals surface area contributed by atoms with Gasteiger partial charge in [0.05, 0.1) is 0 Å². The number of fused-ring (bicyclic) bond motifs is 2. The average Bonchev–Trinajstić information content (AvgIpc) is 3.13. The van der Waals surface area contributed by atoms with Crippen LogP contribution in [-0.4, -0.2) is 38.2 Å². The third-order valence-corrected chi connectivity index (χ3v) is 5.64. The molecule has 2 aliphatic rings. The highest BCUT2D eigenvalue weighted by molar-refractivity contribution is 5.99. The topological polar surface area (TPSA) is 53.5 Å². The Morgan fingerprint density at radius 1 is 1.07 bits per heavy atom. The Balaban J connectivity index is 1.56. The van der Waals surface area contributed by atoms with Crippen LogP contribution in [0.5, 0.6) is 0 Å². The highest BCUT2D eigenvalue weighted by Gasteiger charge is 2.38. The van der Waals surface area contributed by atoms with Gasteiger partial charge in [-0.15, -0.1) is 0 Å². The van der Waals surface area contributed by atoms with E-state index < -0.39 is 0 Å². The summed E-state index contributed by atoms with van der Waals surface area (Å²) in [4.78, 5) is 33.5. The van der Waals surface area contributed by atoms with Crippen LogP contribution in [0.25, 0.3) is 0 Å². The molecule has 0 atom stereocenters. The molecule has 0 saturated heterocycles. The lowest BCUT2D eigenvalue weighted by Gasteiger charge is -2.35. The largest absolute Gasteiger partial charge is 0.330 e. The summed E-state index contributed by atoms with van der Waals surface area (Å²) < 4.78 is 0. The van der Waals surface area contributed by atoms with Crippen LogP contribution in [0.4, 0.5) is 0 Å². The van der Waals surface area contributed by atoms with E-state index >= 15 is 0 Å². The highest BCUT2D eigenvalue weighted by atomic mass is 16.2. The number of nitrogens with zero attached hydrogens (tertiary/aromatic N) is 3. The summed E-state index contributed by atoms with van der Waals surface area (Å²) in [7, 11) is 0. The number of carbonyl (C=O) groups excluding carboxylic acids is 2. The van der Waals surface area contributed by atoms with E-state index in [0.717, 1.165) is 22.3 Å². The van der Waals surface area contributed by atoms with Crippen molar-refractivity contribution in [3.63, 3.8) is 0 Å². The van der Waals surface area contributed by atoms with E-state index in [0.29, 0.717) is 25.2 Å². The maximum Gasteiger partial charge on any atom is 0.273 e. The molecule has 5 heteroatoms. The lowest BCUT2D eigenvalue weighted by atomic mass is 9.93. The van der Waals surface area contributed by atoms with Crippen LogP contribution in [0.1, 0.15) is 65.2 Å². The van der Waals surface area contributed by atoms with Gasteiger partial charge in [-0.25, -0.2) is 0 Å². The van der Waals surface area contributed by atoms with Gasteiger partial charge in [0, 0.05) is 42.0 Å². The lowest BCUT2D eigenvalue weighted by Crippen LogP contribution is -2.45. The summed E-state index contributed by atoms with van der Waals surface area (Å²) >= 11 is 0. The van der Waals surface area contributed by atoms with Crippen LogP contribution in [0.3, 0.4) is 0 Å². The van der Waals surface area contributed by atoms with Gasteiger partial charge in [-0.05, 0) is 51.3 Å². The first-order valence-electron chi connectivity index (χ1n) is 9.46. The predicted octanol–water partition coefficient (Wildman–Crippen LogP) is 3.42. The zero-order chi connectivity index (χ0) is 19.3. The Kier molecular flexibility index (Phi) is 4.06. The molecular weight excluding hydrogens is 338 g/mol. The molecule has 0 aliphatic carbocycles. The second kappa shape index (κ2) is 6.19. The molecule has 0 saturated carbocycles. The molecule has 1 aromatic carbocycles. The quantitative estimate of drug-likeness (QED) is 0.836. The first-order valence-corrected chi connectivity index (χ1v) is 9.46. The fourth-order valence-electron chi connectivity index (χ4n) is 4.12. The Morgan fingerprint density at radius 2 is 1.81 bits per heavy atom. The number of carbonyl (C=O) groups is 2. The van der Waals surface area contributed by atoms with Crippen molar-refractivity contribution in [1.29, 1.82) is 0 Å². The van der Waals surface area contributed by atoms with E-state index in [1.807, 2.05) is 47.9 Å². The summed E-state index contributed by atoms with van der Waals surface area (Å²) in [5.41, 5.74) is 4.15. The molecule has 2 amide bonds. The van der Waals surface area contributed by atoms with Crippen molar-refractivity contribution >= 4 is 11.8 Å². The van der Waals surface area contributed by atoms with Crippen molar-refractivity contribution in [2.75, 3.05) is 0 Å². The molecule has 1 aromatic heterocycles. The molecule has 0 radical (unpaired) electrons. The second-order valence-corrected chi connectivity index (χ2v) is 8.42. The van der Waals surface area contributed by atoms with Gasteiger partial charge in [0.1, 0.15) is 5.69 Å². The molecule has 0 fully saturated rings. The van der Waals surface area contributed by atoms with Crippen molar-refractivity contribution in [3.8, 4) is 0 Å². The average molecular weight is 363 g/mol. The summed E-state index contributed by atoms with van der Waals surface area (Å²) in [6.45, 7) is 9.47. The Bertz CT molecular complexity index is 933. The Labute approximate surface area is 160 Å². The standard InChI is InChI=1S/C22H25N3O2/c1-14(2)24-12-17-9-15(11-23-19(17)21(24)27)10-22(3,4)25-13-16-7-5-6-8-18(16)20(25)26/h5-9,11,14H,10,12-13H2,1-4H3. The van der Waals surface area contributed by atoms with Crippen LogP contribution in [0, 0.1) is 0 Å². The van der Waals surface area contributed by atoms with E-state index in [4.69, 9.17) is 0 Å². The lowest BCUT2D eigenvalue weighted by molar-refractivity contribution is 0.0574. The van der Waals surface area contributed by atoms with E-state index in [-0.39, 0.29) is 23.4 Å². The van der Waals surface area contributed by atoms with Gasteiger partial charge >= 0.3 is 0 Å². The number of hydrogen-bond donors (Lipinski definition) is 0. The van der Waals surface area contributed by atoms with E-state index in [9.17, 15) is 9.59 Å². The minimum atomic E-state index is -0.341. The molecule has 0 bridgehead atoms. The highest BCUT2D eigenvalue weighted by Crippen LogP contribution is 2.32. The van der Waals surface area contributed by atoms with E-state index in [1.54, 1.807) is 6.20 Å². The first-order chi connectivity index (χ1) is 12.8. The molecule has 4 rings (SSSR count). The third kappa shape index (κ3) is 2.91. The van der Waals surface area contributed by atoms with Gasteiger partial charge in [0.15, 0.2) is 0 Å². The molecule has 5 nitrogen and oxygen atoms in total. The third-order valence-electron chi connectivity index (χ3n) is 5.64. The minimum absolute atomic E-state index is 0.0102. The molecule has 2 aliphatic heterocycles. The van der Waals surface area contributed by atoms with E-state index in [2.05, 4.69) is 24.9 Å². The van der Waals surface area contributed by atoms with Gasteiger partial charge in [-0.3, -0.25) is 14.6 Å². The minimum Gasteiger partial charge on any atom is -0.330 e. The molecular formula is C22H25N3O2. The molecule has 27 heavy (non-hydrogen) atoms. The van der Waals surface area contributed by atoms with E-state index in [1.165, 1.54) is 0 Å². The van der Waals surface area contributed by atoms with Gasteiger partial charge in [-0.1, -0.05) is 24.3 Å². The Morgan fingerprint density at radius 3 is 2.52 bits per heavy atom. The Hall–Kier alpha value is -2.69. The van der Waals surface area contributed by atoms with Crippen molar-refractivity contribution in [2.24, 2.45) is 0 Å². The summed E-state index contributed by atoms with van der Waals surface area (Å²) in [5, 5.41) is 0. The molecule has 0 unspecified atom stereocenters. The normalized spacial score (nSPS) is 16.3. The maximum atomic E-state index is 12.8. The van der Waals surface area contributed by atoms with Crippen molar-refractivity contribution < 1.29 is 9.59 Å². The monoisotopic (exact) mass is 363 g/mol. The summed E-state index contributed by atoms with van der Waals surface area (Å²) in [6, 6.07) is 10.0. The number of hydrogen-bond acceptors (Lipinski definition) is 3. The zero-order valence-electron chi connectivity index (χ0n) is 16.3. The summed E-state index contributed by atoms with van der Waals surface area (Å²) in [5.74, 6) is 0.0989. The van der Waals surface area contributed by atoms with Gasteiger partial charge in [0.25, 0.3) is 11.8 Å².